The van der Waals surface area contributed by atoms with Gasteiger partial charge < -0.3 is 0 Å². The summed E-state index contributed by atoms with van der Waals surface area (Å²) < 4.78 is 0. The zero-order valence-electron chi connectivity index (χ0n) is 6.70. The Morgan fingerprint density at radius 1 is 1.10 bits per heavy atom. The van der Waals surface area contributed by atoms with Crippen molar-refractivity contribution < 1.29 is 14.7 Å². The summed E-state index contributed by atoms with van der Waals surface area (Å²) >= 11 is 0. The van der Waals surface area contributed by atoms with Crippen LogP contribution in [0, 0.1) is 0 Å². The maximum absolute atomic E-state index is 8.96. The summed E-state index contributed by atoms with van der Waals surface area (Å²) in [5.74, 6) is 0. The molecule has 0 radical (unpaired) electrons. The molecule has 10 heavy (non-hydrogen) atoms. The van der Waals surface area contributed by atoms with Crippen LogP contribution < -0.4 is 0 Å². The van der Waals surface area contributed by atoms with Gasteiger partial charge in [-0.05, 0) is 19.8 Å². The predicted molar refractivity (Wildman–Crippen MR) is 42.6 cm³/mol. The first-order valence-corrected chi connectivity index (χ1v) is 5.09. The van der Waals surface area contributed by atoms with E-state index in [1.165, 1.54) is 0 Å². The monoisotopic (exact) mass is 167 g/mol. The van der Waals surface area contributed by atoms with Gasteiger partial charge in [-0.15, -0.1) is 0 Å². The molecule has 0 aromatic carbocycles. The van der Waals surface area contributed by atoms with Gasteiger partial charge in [-0.25, -0.2) is 0 Å². The average Bonchev–Trinajstić information content (AvgIpc) is 1.84. The molecule has 0 bridgehead atoms. The minimum absolute atomic E-state index is 0.584. The molecule has 0 aromatic rings. The summed E-state index contributed by atoms with van der Waals surface area (Å²) in [7, 11) is -3.64. The van der Waals surface area contributed by atoms with Crippen LogP contribution in [0.15, 0.2) is 0 Å². The summed E-state index contributed by atoms with van der Waals surface area (Å²) in [5, 5.41) is -0.701. The fourth-order valence-electron chi connectivity index (χ4n) is 0.674. The fraction of sp³-hybridized carbons (Fsp3) is 1.00. The molecule has 0 saturated carbocycles. The molecule has 62 valence electrons. The quantitative estimate of drug-likeness (QED) is 0.555. The highest BCUT2D eigenvalue weighted by Gasteiger charge is 2.51. The van der Waals surface area contributed by atoms with E-state index in [4.69, 9.17) is 14.7 Å². The predicted octanol–water partition coefficient (Wildman–Crippen LogP) is 1.30. The molecule has 0 atom stereocenters. The SMILES string of the molecule is CCC(C)(CC)[P+](O)(O)O. The van der Waals surface area contributed by atoms with Gasteiger partial charge in [0.1, 0.15) is 0 Å². The Balaban J connectivity index is 4.33. The Kier molecular flexibility index (Phi) is 3.24. The molecule has 0 rings (SSSR count). The molecule has 0 aliphatic rings. The fourth-order valence-corrected chi connectivity index (χ4v) is 1.52. The van der Waals surface area contributed by atoms with Crippen LogP contribution in [0.25, 0.3) is 0 Å². The van der Waals surface area contributed by atoms with Crippen LogP contribution >= 0.6 is 7.94 Å². The van der Waals surface area contributed by atoms with Gasteiger partial charge in [-0.3, -0.25) is 0 Å². The molecule has 0 amide bonds. The van der Waals surface area contributed by atoms with Gasteiger partial charge >= 0.3 is 7.94 Å². The van der Waals surface area contributed by atoms with Crippen LogP contribution in [-0.4, -0.2) is 19.8 Å². The Hall–Kier alpha value is 0.310. The van der Waals surface area contributed by atoms with E-state index < -0.39 is 13.1 Å². The van der Waals surface area contributed by atoms with Crippen LogP contribution in [0.5, 0.6) is 0 Å². The normalized spacial score (nSPS) is 13.8. The second-order valence-electron chi connectivity index (χ2n) is 2.77. The lowest BCUT2D eigenvalue weighted by atomic mass is 10.1. The minimum Gasteiger partial charge on any atom is -0.192 e. The summed E-state index contributed by atoms with van der Waals surface area (Å²) in [6.07, 6.45) is 1.17. The molecule has 4 heteroatoms. The summed E-state index contributed by atoms with van der Waals surface area (Å²) in [5.41, 5.74) is 0. The maximum atomic E-state index is 8.96. The first-order valence-electron chi connectivity index (χ1n) is 3.44. The lowest BCUT2D eigenvalue weighted by Crippen LogP contribution is -2.26. The molecule has 0 heterocycles. The molecule has 0 saturated heterocycles. The van der Waals surface area contributed by atoms with E-state index in [0.717, 1.165) is 0 Å². The first-order chi connectivity index (χ1) is 4.37. The lowest BCUT2D eigenvalue weighted by molar-refractivity contribution is 0.280. The molecular formula is C6H16O3P+. The van der Waals surface area contributed by atoms with Crippen molar-refractivity contribution in [1.29, 1.82) is 0 Å². The average molecular weight is 167 g/mol. The largest absolute Gasteiger partial charge is 0.409 e. The molecule has 0 aliphatic heterocycles. The van der Waals surface area contributed by atoms with Crippen molar-refractivity contribution in [2.75, 3.05) is 0 Å². The molecule has 0 fully saturated rings. The Morgan fingerprint density at radius 3 is 1.40 bits per heavy atom. The van der Waals surface area contributed by atoms with Crippen molar-refractivity contribution in [2.24, 2.45) is 0 Å². The van der Waals surface area contributed by atoms with Gasteiger partial charge in [-0.1, -0.05) is 13.8 Å². The van der Waals surface area contributed by atoms with E-state index in [9.17, 15) is 0 Å². The third-order valence-electron chi connectivity index (χ3n) is 2.25. The molecular weight excluding hydrogens is 151 g/mol. The summed E-state index contributed by atoms with van der Waals surface area (Å²) in [4.78, 5) is 26.9. The third kappa shape index (κ3) is 1.89. The second kappa shape index (κ2) is 3.14. The summed E-state index contributed by atoms with van der Waals surface area (Å²) in [6.45, 7) is 5.35. The summed E-state index contributed by atoms with van der Waals surface area (Å²) in [6, 6.07) is 0. The van der Waals surface area contributed by atoms with Crippen LogP contribution in [0.1, 0.15) is 33.6 Å². The van der Waals surface area contributed by atoms with Crippen molar-refractivity contribution in [3.05, 3.63) is 0 Å². The van der Waals surface area contributed by atoms with Gasteiger partial charge in [0.05, 0.1) is 0 Å². The van der Waals surface area contributed by atoms with Crippen molar-refractivity contribution in [3.63, 3.8) is 0 Å². The molecule has 3 nitrogen and oxygen atoms in total. The standard InChI is InChI=1S/C6H16O3P/c1-4-6(3,5-2)10(7,8)9/h7-9H,4-5H2,1-3H3/q+1. The Labute approximate surface area is 62.3 Å². The van der Waals surface area contributed by atoms with Gasteiger partial charge in [0.25, 0.3) is 0 Å². The molecule has 0 aromatic heterocycles. The van der Waals surface area contributed by atoms with Crippen molar-refractivity contribution in [2.45, 2.75) is 38.8 Å². The minimum atomic E-state index is -3.64. The Bertz CT molecular complexity index is 104. The molecule has 0 aliphatic carbocycles. The van der Waals surface area contributed by atoms with E-state index in [0.29, 0.717) is 12.8 Å². The zero-order valence-corrected chi connectivity index (χ0v) is 7.60. The van der Waals surface area contributed by atoms with Crippen LogP contribution in [-0.2, 0) is 0 Å². The van der Waals surface area contributed by atoms with Crippen LogP contribution in [0.2, 0.25) is 0 Å². The highest BCUT2D eigenvalue weighted by atomic mass is 31.2. The highest BCUT2D eigenvalue weighted by molar-refractivity contribution is 7.60. The van der Waals surface area contributed by atoms with Crippen molar-refractivity contribution in [1.82, 2.24) is 0 Å². The molecule has 3 N–H and O–H groups in total. The van der Waals surface area contributed by atoms with Crippen LogP contribution in [0.4, 0.5) is 0 Å². The Morgan fingerprint density at radius 2 is 1.40 bits per heavy atom. The smallest absolute Gasteiger partial charge is 0.192 e. The number of hydrogen-bond acceptors (Lipinski definition) is 3. The van der Waals surface area contributed by atoms with E-state index in [1.807, 2.05) is 13.8 Å². The third-order valence-corrected chi connectivity index (χ3v) is 4.33. The van der Waals surface area contributed by atoms with E-state index in [2.05, 4.69) is 0 Å². The topological polar surface area (TPSA) is 60.7 Å². The van der Waals surface area contributed by atoms with E-state index in [1.54, 1.807) is 6.92 Å². The van der Waals surface area contributed by atoms with Gasteiger partial charge in [0, 0.05) is 0 Å². The zero-order chi connectivity index (χ0) is 8.41. The van der Waals surface area contributed by atoms with Gasteiger partial charge in [0.15, 0.2) is 5.16 Å². The van der Waals surface area contributed by atoms with E-state index in [-0.39, 0.29) is 0 Å². The van der Waals surface area contributed by atoms with Crippen LogP contribution in [0.3, 0.4) is 0 Å². The number of rotatable bonds is 3. The molecule has 0 spiro atoms. The lowest BCUT2D eigenvalue weighted by Gasteiger charge is -2.25. The highest BCUT2D eigenvalue weighted by Crippen LogP contribution is 2.61. The van der Waals surface area contributed by atoms with Gasteiger partial charge in [0.2, 0.25) is 0 Å². The second-order valence-corrected chi connectivity index (χ2v) is 4.99. The maximum Gasteiger partial charge on any atom is 0.409 e. The number of hydrogen-bond donors (Lipinski definition) is 3. The van der Waals surface area contributed by atoms with Crippen molar-refractivity contribution in [3.8, 4) is 0 Å². The van der Waals surface area contributed by atoms with E-state index >= 15 is 0 Å². The molecule has 0 unspecified atom stereocenters. The van der Waals surface area contributed by atoms with Gasteiger partial charge in [-0.2, -0.15) is 14.7 Å². The first kappa shape index (κ1) is 10.3. The van der Waals surface area contributed by atoms with Crippen molar-refractivity contribution >= 4 is 7.94 Å².